The van der Waals surface area contributed by atoms with Crippen LogP contribution in [0.15, 0.2) is 0 Å². The Hall–Kier alpha value is -0.610. The van der Waals surface area contributed by atoms with Crippen LogP contribution in [0.3, 0.4) is 0 Å². The van der Waals surface area contributed by atoms with Gasteiger partial charge in [-0.05, 0) is 38.6 Å². The number of hydrogen-bond acceptors (Lipinski definition) is 4. The molecule has 0 aromatic carbocycles. The van der Waals surface area contributed by atoms with Gasteiger partial charge in [-0.1, -0.05) is 19.3 Å². The number of methoxy groups -OCH3 is 1. The summed E-state index contributed by atoms with van der Waals surface area (Å²) >= 11 is 0. The number of rotatable bonds is 7. The van der Waals surface area contributed by atoms with E-state index in [9.17, 15) is 4.79 Å². The maximum atomic E-state index is 11.8. The van der Waals surface area contributed by atoms with Crippen LogP contribution in [0.1, 0.15) is 44.9 Å². The molecule has 0 heterocycles. The fourth-order valence-electron chi connectivity index (χ4n) is 3.07. The number of nitrogens with one attached hydrogen (secondary N) is 1. The zero-order valence-corrected chi connectivity index (χ0v) is 12.4. The summed E-state index contributed by atoms with van der Waals surface area (Å²) in [7, 11) is 3.60. The molecule has 2 fully saturated rings. The van der Waals surface area contributed by atoms with Gasteiger partial charge in [0.2, 0.25) is 0 Å². The van der Waals surface area contributed by atoms with Crippen molar-refractivity contribution in [1.29, 1.82) is 0 Å². The Morgan fingerprint density at radius 3 is 2.53 bits per heavy atom. The Morgan fingerprint density at radius 2 is 1.95 bits per heavy atom. The predicted octanol–water partition coefficient (Wildman–Crippen LogP) is 1.79. The van der Waals surface area contributed by atoms with E-state index in [2.05, 4.69) is 17.3 Å². The molecule has 1 unspecified atom stereocenters. The Labute approximate surface area is 116 Å². The minimum atomic E-state index is -0.161. The fraction of sp³-hybridized carbons (Fsp3) is 0.933. The Bertz CT molecular complexity index is 286. The zero-order chi connectivity index (χ0) is 13.7. The molecule has 110 valence electrons. The van der Waals surface area contributed by atoms with Crippen molar-refractivity contribution in [1.82, 2.24) is 10.2 Å². The molecule has 0 aromatic rings. The van der Waals surface area contributed by atoms with Gasteiger partial charge in [-0.2, -0.15) is 0 Å². The molecule has 0 aromatic heterocycles. The summed E-state index contributed by atoms with van der Waals surface area (Å²) in [5.74, 6) is 0.695. The van der Waals surface area contributed by atoms with Crippen molar-refractivity contribution in [3.63, 3.8) is 0 Å². The van der Waals surface area contributed by atoms with Crippen LogP contribution in [0.4, 0.5) is 0 Å². The third-order valence-electron chi connectivity index (χ3n) is 4.29. The van der Waals surface area contributed by atoms with Crippen LogP contribution in [0.25, 0.3) is 0 Å². The molecule has 2 saturated carbocycles. The molecule has 4 heteroatoms. The largest absolute Gasteiger partial charge is 0.468 e. The molecule has 0 aliphatic heterocycles. The molecule has 1 N–H and O–H groups in total. The molecule has 4 nitrogen and oxygen atoms in total. The van der Waals surface area contributed by atoms with Gasteiger partial charge in [-0.3, -0.25) is 4.79 Å². The molecule has 0 amide bonds. The van der Waals surface area contributed by atoms with Crippen molar-refractivity contribution in [3.05, 3.63) is 0 Å². The first-order valence-electron chi connectivity index (χ1n) is 7.71. The van der Waals surface area contributed by atoms with Gasteiger partial charge in [0.15, 0.2) is 0 Å². The van der Waals surface area contributed by atoms with E-state index in [1.165, 1.54) is 52.1 Å². The van der Waals surface area contributed by atoms with Crippen LogP contribution in [0.5, 0.6) is 0 Å². The second kappa shape index (κ2) is 7.25. The number of hydrogen-bond donors (Lipinski definition) is 1. The number of nitrogens with zero attached hydrogens (tertiary/aromatic N) is 1. The summed E-state index contributed by atoms with van der Waals surface area (Å²) in [4.78, 5) is 14.1. The van der Waals surface area contributed by atoms with Crippen LogP contribution < -0.4 is 5.32 Å². The van der Waals surface area contributed by atoms with Crippen molar-refractivity contribution in [2.45, 2.75) is 57.0 Å². The number of likely N-dealkylation sites (N-methyl/N-ethyl adjacent to an activating group) is 1. The molecule has 2 aliphatic carbocycles. The third kappa shape index (κ3) is 5.11. The number of ether oxygens (including phenoxy) is 1. The van der Waals surface area contributed by atoms with E-state index in [1.807, 2.05) is 0 Å². The molecule has 19 heavy (non-hydrogen) atoms. The number of esters is 1. The van der Waals surface area contributed by atoms with Crippen LogP contribution in [-0.2, 0) is 9.53 Å². The lowest BCUT2D eigenvalue weighted by atomic mass is 9.89. The van der Waals surface area contributed by atoms with E-state index < -0.39 is 0 Å². The molecule has 0 bridgehead atoms. The van der Waals surface area contributed by atoms with E-state index in [-0.39, 0.29) is 12.0 Å². The van der Waals surface area contributed by atoms with Crippen molar-refractivity contribution in [3.8, 4) is 0 Å². The summed E-state index contributed by atoms with van der Waals surface area (Å²) in [5.41, 5.74) is 0. The van der Waals surface area contributed by atoms with E-state index >= 15 is 0 Å². The van der Waals surface area contributed by atoms with Gasteiger partial charge in [0.05, 0.1) is 7.11 Å². The molecule has 0 radical (unpaired) electrons. The minimum absolute atomic E-state index is 0.123. The van der Waals surface area contributed by atoms with Crippen LogP contribution in [-0.4, -0.2) is 50.2 Å². The Morgan fingerprint density at radius 1 is 1.26 bits per heavy atom. The highest BCUT2D eigenvalue weighted by atomic mass is 16.5. The second-order valence-electron chi connectivity index (χ2n) is 6.24. The number of carbonyl (C=O) groups excluding carboxylic acids is 1. The van der Waals surface area contributed by atoms with Crippen molar-refractivity contribution in [2.75, 3.05) is 27.2 Å². The number of carbonyl (C=O) groups is 1. The maximum absolute atomic E-state index is 11.8. The van der Waals surface area contributed by atoms with Crippen LogP contribution in [0, 0.1) is 5.92 Å². The van der Waals surface area contributed by atoms with Gasteiger partial charge in [0, 0.05) is 19.1 Å². The summed E-state index contributed by atoms with van der Waals surface area (Å²) in [6, 6.07) is 0.373. The first kappa shape index (κ1) is 14.8. The Kier molecular flexibility index (Phi) is 5.64. The standard InChI is InChI=1S/C15H28N2O2/c1-17(10-12-6-4-3-5-7-12)11-14(15(18)19-2)16-13-8-9-13/h12-14,16H,3-11H2,1-2H3. The lowest BCUT2D eigenvalue weighted by Crippen LogP contribution is -2.47. The predicted molar refractivity (Wildman–Crippen MR) is 76.0 cm³/mol. The second-order valence-corrected chi connectivity index (χ2v) is 6.24. The molecule has 2 rings (SSSR count). The highest BCUT2D eigenvalue weighted by Gasteiger charge is 2.30. The first-order chi connectivity index (χ1) is 9.19. The molecular weight excluding hydrogens is 240 g/mol. The quantitative estimate of drug-likeness (QED) is 0.715. The molecule has 0 saturated heterocycles. The normalized spacial score (nSPS) is 22.5. The zero-order valence-electron chi connectivity index (χ0n) is 12.4. The third-order valence-corrected chi connectivity index (χ3v) is 4.29. The highest BCUT2D eigenvalue weighted by molar-refractivity contribution is 5.76. The van der Waals surface area contributed by atoms with E-state index in [1.54, 1.807) is 0 Å². The van der Waals surface area contributed by atoms with Crippen LogP contribution >= 0.6 is 0 Å². The lowest BCUT2D eigenvalue weighted by Gasteiger charge is -2.29. The van der Waals surface area contributed by atoms with Crippen LogP contribution in [0.2, 0.25) is 0 Å². The fourth-order valence-corrected chi connectivity index (χ4v) is 3.07. The average molecular weight is 268 g/mol. The van der Waals surface area contributed by atoms with Crippen molar-refractivity contribution < 1.29 is 9.53 Å². The Balaban J connectivity index is 1.75. The summed E-state index contributed by atoms with van der Waals surface area (Å²) in [6.45, 7) is 1.87. The van der Waals surface area contributed by atoms with E-state index in [4.69, 9.17) is 4.74 Å². The molecular formula is C15H28N2O2. The molecule has 1 atom stereocenters. The van der Waals surface area contributed by atoms with Gasteiger partial charge < -0.3 is 15.0 Å². The molecule has 2 aliphatic rings. The summed E-state index contributed by atoms with van der Waals surface area (Å²) in [6.07, 6.45) is 9.24. The van der Waals surface area contributed by atoms with E-state index in [0.29, 0.717) is 6.04 Å². The lowest BCUT2D eigenvalue weighted by molar-refractivity contribution is -0.143. The van der Waals surface area contributed by atoms with Gasteiger partial charge in [0.25, 0.3) is 0 Å². The van der Waals surface area contributed by atoms with Gasteiger partial charge >= 0.3 is 5.97 Å². The smallest absolute Gasteiger partial charge is 0.324 e. The summed E-state index contributed by atoms with van der Waals surface area (Å²) in [5, 5.41) is 3.39. The highest BCUT2D eigenvalue weighted by Crippen LogP contribution is 2.24. The first-order valence-corrected chi connectivity index (χ1v) is 7.71. The monoisotopic (exact) mass is 268 g/mol. The van der Waals surface area contributed by atoms with E-state index in [0.717, 1.165) is 19.0 Å². The van der Waals surface area contributed by atoms with Gasteiger partial charge in [-0.15, -0.1) is 0 Å². The summed E-state index contributed by atoms with van der Waals surface area (Å²) < 4.78 is 4.90. The maximum Gasteiger partial charge on any atom is 0.324 e. The SMILES string of the molecule is COC(=O)C(CN(C)CC1CCCCC1)NC1CC1. The molecule has 0 spiro atoms. The van der Waals surface area contributed by atoms with Gasteiger partial charge in [-0.25, -0.2) is 0 Å². The average Bonchev–Trinajstić information content (AvgIpc) is 3.22. The van der Waals surface area contributed by atoms with Crippen molar-refractivity contribution >= 4 is 5.97 Å². The van der Waals surface area contributed by atoms with Crippen molar-refractivity contribution in [2.24, 2.45) is 5.92 Å². The van der Waals surface area contributed by atoms with Gasteiger partial charge in [0.1, 0.15) is 6.04 Å². The minimum Gasteiger partial charge on any atom is -0.468 e. The topological polar surface area (TPSA) is 41.6 Å².